The number of hydrogen-bond donors (Lipinski definition) is 2. The fourth-order valence-corrected chi connectivity index (χ4v) is 2.92. The molecular formula is C19H20N2O4. The predicted octanol–water partition coefficient (Wildman–Crippen LogP) is 2.33. The van der Waals surface area contributed by atoms with Crippen molar-refractivity contribution in [3.8, 4) is 5.75 Å². The molecule has 1 aliphatic heterocycles. The zero-order valence-corrected chi connectivity index (χ0v) is 13.9. The number of hydroxylamine groups is 1. The molecule has 0 aromatic heterocycles. The van der Waals surface area contributed by atoms with Crippen molar-refractivity contribution < 1.29 is 19.5 Å². The molecule has 0 spiro atoms. The molecule has 25 heavy (non-hydrogen) atoms. The van der Waals surface area contributed by atoms with Crippen LogP contribution < -0.4 is 10.2 Å². The maximum absolute atomic E-state index is 12.9. The van der Waals surface area contributed by atoms with Crippen molar-refractivity contribution in [3.63, 3.8) is 0 Å². The van der Waals surface area contributed by atoms with Crippen LogP contribution in [0.4, 0.5) is 0 Å². The molecule has 2 amide bonds. The van der Waals surface area contributed by atoms with Crippen molar-refractivity contribution in [2.75, 3.05) is 13.2 Å². The summed E-state index contributed by atoms with van der Waals surface area (Å²) in [6.45, 7) is 3.15. The molecule has 1 atom stereocenters. The molecule has 1 heterocycles. The Kier molecular flexibility index (Phi) is 5.00. The maximum Gasteiger partial charge on any atom is 0.274 e. The first kappa shape index (κ1) is 17.0. The summed E-state index contributed by atoms with van der Waals surface area (Å²) in [7, 11) is 0. The molecule has 1 aliphatic rings. The molecule has 0 saturated heterocycles. The molecule has 0 fully saturated rings. The Morgan fingerprint density at radius 3 is 2.68 bits per heavy atom. The van der Waals surface area contributed by atoms with Gasteiger partial charge < -0.3 is 9.64 Å². The lowest BCUT2D eigenvalue weighted by Gasteiger charge is -2.24. The second kappa shape index (κ2) is 7.36. The monoisotopic (exact) mass is 340 g/mol. The van der Waals surface area contributed by atoms with E-state index in [2.05, 4.69) is 0 Å². The van der Waals surface area contributed by atoms with Gasteiger partial charge in [0.25, 0.3) is 5.91 Å². The van der Waals surface area contributed by atoms with Gasteiger partial charge in [0.05, 0.1) is 12.5 Å². The van der Waals surface area contributed by atoms with Gasteiger partial charge in [0.1, 0.15) is 12.4 Å². The number of carbonyl (C=O) groups excluding carboxylic acids is 2. The first-order chi connectivity index (χ1) is 12.1. The van der Waals surface area contributed by atoms with Crippen molar-refractivity contribution in [3.05, 3.63) is 65.2 Å². The lowest BCUT2D eigenvalue weighted by atomic mass is 9.99. The van der Waals surface area contributed by atoms with E-state index in [-0.39, 0.29) is 11.8 Å². The quantitative estimate of drug-likeness (QED) is 0.664. The van der Waals surface area contributed by atoms with Crippen LogP contribution in [0, 0.1) is 0 Å². The molecule has 6 nitrogen and oxygen atoms in total. The lowest BCUT2D eigenvalue weighted by molar-refractivity contribution is -0.133. The summed E-state index contributed by atoms with van der Waals surface area (Å²) in [6, 6.07) is 14.6. The number of fused-ring (bicyclic) bond motifs is 1. The average molecular weight is 340 g/mol. The Bertz CT molecular complexity index is 776. The second-order valence-corrected chi connectivity index (χ2v) is 6.00. The van der Waals surface area contributed by atoms with Crippen LogP contribution in [0.3, 0.4) is 0 Å². The van der Waals surface area contributed by atoms with E-state index < -0.39 is 5.91 Å². The minimum absolute atomic E-state index is 0.0415. The minimum atomic E-state index is -0.596. The molecule has 6 heteroatoms. The van der Waals surface area contributed by atoms with Crippen LogP contribution in [-0.2, 0) is 11.3 Å². The van der Waals surface area contributed by atoms with Crippen LogP contribution in [-0.4, -0.2) is 35.1 Å². The fraction of sp³-hybridized carbons (Fsp3) is 0.263. The summed E-state index contributed by atoms with van der Waals surface area (Å²) < 4.78 is 5.69. The molecule has 0 bridgehead atoms. The van der Waals surface area contributed by atoms with Crippen LogP contribution in [0.1, 0.15) is 34.3 Å². The van der Waals surface area contributed by atoms with Gasteiger partial charge in [0.2, 0.25) is 5.91 Å². The molecule has 130 valence electrons. The average Bonchev–Trinajstić information content (AvgIpc) is 2.88. The Balaban J connectivity index is 1.79. The minimum Gasteiger partial charge on any atom is -0.491 e. The Hall–Kier alpha value is -2.86. The van der Waals surface area contributed by atoms with Gasteiger partial charge in [-0.2, -0.15) is 0 Å². The summed E-state index contributed by atoms with van der Waals surface area (Å²) in [4.78, 5) is 26.2. The van der Waals surface area contributed by atoms with Crippen molar-refractivity contribution >= 4 is 11.8 Å². The summed E-state index contributed by atoms with van der Waals surface area (Å²) in [5, 5.41) is 8.74. The van der Waals surface area contributed by atoms with Crippen LogP contribution >= 0.6 is 0 Å². The first-order valence-electron chi connectivity index (χ1n) is 8.14. The van der Waals surface area contributed by atoms with Gasteiger partial charge in [-0.3, -0.25) is 14.8 Å². The lowest BCUT2D eigenvalue weighted by Crippen LogP contribution is -2.35. The van der Waals surface area contributed by atoms with E-state index in [0.29, 0.717) is 31.0 Å². The smallest absolute Gasteiger partial charge is 0.274 e. The predicted molar refractivity (Wildman–Crippen MR) is 91.5 cm³/mol. The van der Waals surface area contributed by atoms with E-state index in [4.69, 9.17) is 9.94 Å². The van der Waals surface area contributed by atoms with E-state index in [0.717, 1.165) is 11.1 Å². The number of amides is 2. The molecule has 3 rings (SSSR count). The number of ether oxygens (including phenoxy) is 1. The fourth-order valence-electron chi connectivity index (χ4n) is 2.92. The highest BCUT2D eigenvalue weighted by Gasteiger charge is 2.25. The normalized spacial score (nSPS) is 14.7. The second-order valence-electron chi connectivity index (χ2n) is 6.00. The molecule has 2 aromatic rings. The Labute approximate surface area is 146 Å². The van der Waals surface area contributed by atoms with Crippen LogP contribution in [0.25, 0.3) is 0 Å². The van der Waals surface area contributed by atoms with E-state index in [9.17, 15) is 9.59 Å². The van der Waals surface area contributed by atoms with Crippen LogP contribution in [0.2, 0.25) is 0 Å². The van der Waals surface area contributed by atoms with Gasteiger partial charge >= 0.3 is 0 Å². The maximum atomic E-state index is 12.9. The highest BCUT2D eigenvalue weighted by atomic mass is 16.5. The highest BCUT2D eigenvalue weighted by molar-refractivity contribution is 5.93. The number of nitrogens with zero attached hydrogens (tertiary/aromatic N) is 1. The molecule has 0 radical (unpaired) electrons. The van der Waals surface area contributed by atoms with Gasteiger partial charge in [0.15, 0.2) is 0 Å². The van der Waals surface area contributed by atoms with Gasteiger partial charge in [-0.1, -0.05) is 36.4 Å². The SMILES string of the molecule is C[C@@H](C(=O)N1CCOc2cc(C(=O)NO)ccc2C1)c1ccccc1. The summed E-state index contributed by atoms with van der Waals surface area (Å²) >= 11 is 0. The summed E-state index contributed by atoms with van der Waals surface area (Å²) in [5.74, 6) is -0.230. The Morgan fingerprint density at radius 2 is 1.96 bits per heavy atom. The third-order valence-electron chi connectivity index (χ3n) is 4.39. The molecular weight excluding hydrogens is 320 g/mol. The van der Waals surface area contributed by atoms with Gasteiger partial charge in [-0.15, -0.1) is 0 Å². The van der Waals surface area contributed by atoms with Crippen molar-refractivity contribution in [2.24, 2.45) is 0 Å². The number of rotatable bonds is 3. The standard InChI is InChI=1S/C19H20N2O4/c1-13(14-5-3-2-4-6-14)19(23)21-9-10-25-17-11-15(18(22)20-24)7-8-16(17)12-21/h2-8,11,13,24H,9-10,12H2,1H3,(H,20,22)/t13-/m1/s1. The Morgan fingerprint density at radius 1 is 1.20 bits per heavy atom. The molecule has 2 N–H and O–H groups in total. The van der Waals surface area contributed by atoms with E-state index in [1.807, 2.05) is 37.3 Å². The summed E-state index contributed by atoms with van der Waals surface area (Å²) in [6.07, 6.45) is 0. The van der Waals surface area contributed by atoms with Gasteiger partial charge in [0, 0.05) is 17.7 Å². The number of hydrogen-bond acceptors (Lipinski definition) is 4. The number of benzene rings is 2. The van der Waals surface area contributed by atoms with Gasteiger partial charge in [-0.05, 0) is 24.6 Å². The largest absolute Gasteiger partial charge is 0.491 e. The third-order valence-corrected chi connectivity index (χ3v) is 4.39. The third kappa shape index (κ3) is 3.64. The first-order valence-corrected chi connectivity index (χ1v) is 8.14. The zero-order valence-electron chi connectivity index (χ0n) is 13.9. The van der Waals surface area contributed by atoms with Crippen molar-refractivity contribution in [2.45, 2.75) is 19.4 Å². The summed E-state index contributed by atoms with van der Waals surface area (Å²) in [5.41, 5.74) is 3.72. The topological polar surface area (TPSA) is 78.9 Å². The van der Waals surface area contributed by atoms with E-state index >= 15 is 0 Å². The zero-order chi connectivity index (χ0) is 17.8. The number of nitrogens with one attached hydrogen (secondary N) is 1. The number of carbonyl (C=O) groups is 2. The highest BCUT2D eigenvalue weighted by Crippen LogP contribution is 2.27. The molecule has 0 saturated carbocycles. The van der Waals surface area contributed by atoms with Crippen LogP contribution in [0.15, 0.2) is 48.5 Å². The van der Waals surface area contributed by atoms with Crippen LogP contribution in [0.5, 0.6) is 5.75 Å². The van der Waals surface area contributed by atoms with Gasteiger partial charge in [-0.25, -0.2) is 5.48 Å². The van der Waals surface area contributed by atoms with E-state index in [1.165, 1.54) is 0 Å². The van der Waals surface area contributed by atoms with E-state index in [1.54, 1.807) is 28.6 Å². The molecule has 0 aliphatic carbocycles. The molecule has 2 aromatic carbocycles. The molecule has 0 unspecified atom stereocenters. The van der Waals surface area contributed by atoms with Crippen molar-refractivity contribution in [1.82, 2.24) is 10.4 Å². The van der Waals surface area contributed by atoms with Crippen molar-refractivity contribution in [1.29, 1.82) is 0 Å².